The fraction of sp³-hybridized carbons (Fsp3) is 0.471. The summed E-state index contributed by atoms with van der Waals surface area (Å²) in [6, 6.07) is 8.48. The van der Waals surface area contributed by atoms with E-state index in [0.717, 1.165) is 24.4 Å². The lowest BCUT2D eigenvalue weighted by Gasteiger charge is -2.20. The number of aryl methyl sites for hydroxylation is 2. The van der Waals surface area contributed by atoms with Crippen LogP contribution in [-0.4, -0.2) is 16.9 Å². The van der Waals surface area contributed by atoms with Gasteiger partial charge in [-0.1, -0.05) is 25.1 Å². The molecule has 1 aromatic carbocycles. The van der Waals surface area contributed by atoms with Gasteiger partial charge in [-0.25, -0.2) is 0 Å². The summed E-state index contributed by atoms with van der Waals surface area (Å²) in [5.41, 5.74) is 4.81. The van der Waals surface area contributed by atoms with Crippen molar-refractivity contribution in [1.29, 1.82) is 0 Å². The number of nitrogens with zero attached hydrogens (tertiary/aromatic N) is 2. The van der Waals surface area contributed by atoms with Crippen molar-refractivity contribution in [1.82, 2.24) is 15.1 Å². The SMILES string of the molecule is CCC(NCc1c(C)nn(C)c1C)c1ccccc1OC. The Hall–Kier alpha value is -1.81. The molecule has 2 rings (SSSR count). The molecule has 1 aromatic heterocycles. The molecule has 0 aliphatic heterocycles. The van der Waals surface area contributed by atoms with Gasteiger partial charge in [-0.2, -0.15) is 5.10 Å². The number of aromatic nitrogens is 2. The summed E-state index contributed by atoms with van der Waals surface area (Å²) in [5.74, 6) is 0.941. The van der Waals surface area contributed by atoms with Gasteiger partial charge in [0.2, 0.25) is 0 Å². The highest BCUT2D eigenvalue weighted by Gasteiger charge is 2.15. The molecule has 0 saturated carbocycles. The van der Waals surface area contributed by atoms with Crippen molar-refractivity contribution < 1.29 is 4.74 Å². The highest BCUT2D eigenvalue weighted by atomic mass is 16.5. The van der Waals surface area contributed by atoms with E-state index < -0.39 is 0 Å². The van der Waals surface area contributed by atoms with E-state index >= 15 is 0 Å². The van der Waals surface area contributed by atoms with Crippen molar-refractivity contribution in [3.63, 3.8) is 0 Å². The average Bonchev–Trinajstić information content (AvgIpc) is 2.74. The molecule has 4 heteroatoms. The number of ether oxygens (including phenoxy) is 1. The summed E-state index contributed by atoms with van der Waals surface area (Å²) >= 11 is 0. The first-order valence-electron chi connectivity index (χ1n) is 7.43. The summed E-state index contributed by atoms with van der Waals surface area (Å²) in [6.45, 7) is 7.18. The lowest BCUT2D eigenvalue weighted by molar-refractivity contribution is 0.396. The minimum atomic E-state index is 0.278. The number of para-hydroxylation sites is 1. The zero-order valence-electron chi connectivity index (χ0n) is 13.6. The average molecular weight is 287 g/mol. The van der Waals surface area contributed by atoms with Gasteiger partial charge in [0.05, 0.1) is 12.8 Å². The van der Waals surface area contributed by atoms with Gasteiger partial charge in [-0.05, 0) is 26.3 Å². The van der Waals surface area contributed by atoms with E-state index in [1.54, 1.807) is 7.11 Å². The van der Waals surface area contributed by atoms with Crippen LogP contribution in [0.2, 0.25) is 0 Å². The molecule has 1 N–H and O–H groups in total. The maximum atomic E-state index is 5.48. The van der Waals surface area contributed by atoms with Crippen molar-refractivity contribution in [3.8, 4) is 5.75 Å². The number of methoxy groups -OCH3 is 1. The number of hydrogen-bond acceptors (Lipinski definition) is 3. The summed E-state index contributed by atoms with van der Waals surface area (Å²) in [6.07, 6.45) is 1.01. The van der Waals surface area contributed by atoms with Gasteiger partial charge < -0.3 is 10.1 Å². The first kappa shape index (κ1) is 15.6. The second-order valence-electron chi connectivity index (χ2n) is 5.36. The van der Waals surface area contributed by atoms with Gasteiger partial charge in [0.25, 0.3) is 0 Å². The molecular formula is C17H25N3O. The molecule has 0 aliphatic carbocycles. The first-order chi connectivity index (χ1) is 10.1. The highest BCUT2D eigenvalue weighted by molar-refractivity contribution is 5.36. The second-order valence-corrected chi connectivity index (χ2v) is 5.36. The van der Waals surface area contributed by atoms with E-state index in [9.17, 15) is 0 Å². The zero-order chi connectivity index (χ0) is 15.4. The lowest BCUT2D eigenvalue weighted by Crippen LogP contribution is -2.21. The molecule has 0 radical (unpaired) electrons. The third-order valence-electron chi connectivity index (χ3n) is 4.11. The van der Waals surface area contributed by atoms with E-state index in [-0.39, 0.29) is 6.04 Å². The molecule has 21 heavy (non-hydrogen) atoms. The van der Waals surface area contributed by atoms with Crippen LogP contribution in [0.5, 0.6) is 5.75 Å². The maximum Gasteiger partial charge on any atom is 0.123 e. The number of nitrogens with one attached hydrogen (secondary N) is 1. The third-order valence-corrected chi connectivity index (χ3v) is 4.11. The Balaban J connectivity index is 2.16. The Kier molecular flexibility index (Phi) is 5.02. The number of benzene rings is 1. The summed E-state index contributed by atoms with van der Waals surface area (Å²) in [4.78, 5) is 0. The monoisotopic (exact) mass is 287 g/mol. The zero-order valence-corrected chi connectivity index (χ0v) is 13.6. The van der Waals surface area contributed by atoms with Crippen LogP contribution in [0.1, 0.15) is 41.9 Å². The van der Waals surface area contributed by atoms with E-state index in [1.807, 2.05) is 23.9 Å². The van der Waals surface area contributed by atoms with Crippen molar-refractivity contribution in [2.45, 2.75) is 39.8 Å². The summed E-state index contributed by atoms with van der Waals surface area (Å²) in [7, 11) is 3.71. The van der Waals surface area contributed by atoms with Crippen molar-refractivity contribution in [2.24, 2.45) is 7.05 Å². The van der Waals surface area contributed by atoms with Crippen molar-refractivity contribution in [3.05, 3.63) is 46.8 Å². The fourth-order valence-electron chi connectivity index (χ4n) is 2.73. The van der Waals surface area contributed by atoms with Gasteiger partial charge in [0.15, 0.2) is 0 Å². The molecule has 0 aliphatic rings. The van der Waals surface area contributed by atoms with Crippen LogP contribution in [0.25, 0.3) is 0 Å². The number of hydrogen-bond donors (Lipinski definition) is 1. The molecule has 1 heterocycles. The van der Waals surface area contributed by atoms with Gasteiger partial charge in [0, 0.05) is 36.5 Å². The molecule has 0 bridgehead atoms. The highest BCUT2D eigenvalue weighted by Crippen LogP contribution is 2.27. The van der Waals surface area contributed by atoms with E-state index in [0.29, 0.717) is 0 Å². The van der Waals surface area contributed by atoms with Crippen LogP contribution in [0.3, 0.4) is 0 Å². The Morgan fingerprint density at radius 2 is 2.00 bits per heavy atom. The van der Waals surface area contributed by atoms with Crippen LogP contribution in [0, 0.1) is 13.8 Å². The van der Waals surface area contributed by atoms with Crippen LogP contribution < -0.4 is 10.1 Å². The van der Waals surface area contributed by atoms with Gasteiger partial charge in [0.1, 0.15) is 5.75 Å². The summed E-state index contributed by atoms with van der Waals surface area (Å²) < 4.78 is 7.42. The molecule has 1 unspecified atom stereocenters. The molecule has 0 fully saturated rings. The normalized spacial score (nSPS) is 12.4. The number of rotatable bonds is 6. The standard InChI is InChI=1S/C17H25N3O/c1-6-16(14-9-7-8-10-17(14)21-5)18-11-15-12(2)19-20(4)13(15)3/h7-10,16,18H,6,11H2,1-5H3. The molecule has 2 aromatic rings. The first-order valence-corrected chi connectivity index (χ1v) is 7.43. The Morgan fingerprint density at radius 3 is 2.57 bits per heavy atom. The van der Waals surface area contributed by atoms with Crippen LogP contribution in [0.4, 0.5) is 0 Å². The van der Waals surface area contributed by atoms with E-state index in [2.05, 4.69) is 43.3 Å². The Morgan fingerprint density at radius 1 is 1.29 bits per heavy atom. The van der Waals surface area contributed by atoms with E-state index in [4.69, 9.17) is 4.74 Å². The van der Waals surface area contributed by atoms with Crippen molar-refractivity contribution >= 4 is 0 Å². The largest absolute Gasteiger partial charge is 0.496 e. The molecule has 0 amide bonds. The van der Waals surface area contributed by atoms with Gasteiger partial charge >= 0.3 is 0 Å². The Bertz CT molecular complexity index is 604. The minimum Gasteiger partial charge on any atom is -0.496 e. The van der Waals surface area contributed by atoms with Crippen LogP contribution >= 0.6 is 0 Å². The Labute approximate surface area is 127 Å². The molecule has 0 saturated heterocycles. The quantitative estimate of drug-likeness (QED) is 0.886. The fourth-order valence-corrected chi connectivity index (χ4v) is 2.73. The third kappa shape index (κ3) is 3.27. The minimum absolute atomic E-state index is 0.278. The molecule has 4 nitrogen and oxygen atoms in total. The smallest absolute Gasteiger partial charge is 0.123 e. The molecule has 114 valence electrons. The van der Waals surface area contributed by atoms with Crippen LogP contribution in [-0.2, 0) is 13.6 Å². The molecular weight excluding hydrogens is 262 g/mol. The van der Waals surface area contributed by atoms with Crippen LogP contribution in [0.15, 0.2) is 24.3 Å². The summed E-state index contributed by atoms with van der Waals surface area (Å²) in [5, 5.41) is 8.11. The molecule has 0 spiro atoms. The van der Waals surface area contributed by atoms with Gasteiger partial charge in [-0.15, -0.1) is 0 Å². The molecule has 1 atom stereocenters. The second kappa shape index (κ2) is 6.76. The topological polar surface area (TPSA) is 39.1 Å². The van der Waals surface area contributed by atoms with Crippen molar-refractivity contribution in [2.75, 3.05) is 7.11 Å². The lowest BCUT2D eigenvalue weighted by atomic mass is 10.0. The van der Waals surface area contributed by atoms with Gasteiger partial charge in [-0.3, -0.25) is 4.68 Å². The predicted octanol–water partition coefficient (Wildman–Crippen LogP) is 3.29. The van der Waals surface area contributed by atoms with E-state index in [1.165, 1.54) is 16.8 Å². The maximum absolute atomic E-state index is 5.48. The predicted molar refractivity (Wildman–Crippen MR) is 85.5 cm³/mol.